The topological polar surface area (TPSA) is 39.7 Å². The number of thioether (sulfide) groups is 1. The standard InChI is InChI=1S/C22H21F3N4S/c23-22(24,25)21(15-9-3-1-4-10-15)28-19(26-16-11-5-2-6-12-16)27-20-29(21)17-13-7-8-14-18(17)30-20/h1-6,9-12,20H,7-8,13-14H2,(H2,26,27,28)/t20-,21-/m1/s1. The van der Waals surface area contributed by atoms with E-state index >= 15 is 0 Å². The number of fused-ring (bicyclic) bond motifs is 2. The van der Waals surface area contributed by atoms with Gasteiger partial charge in [-0.1, -0.05) is 60.3 Å². The zero-order valence-corrected chi connectivity index (χ0v) is 16.9. The van der Waals surface area contributed by atoms with Crippen molar-refractivity contribution in [3.05, 3.63) is 76.8 Å². The number of halogens is 3. The minimum atomic E-state index is -4.58. The van der Waals surface area contributed by atoms with Gasteiger partial charge in [0.05, 0.1) is 0 Å². The number of aliphatic imine (C=N–C) groups is 1. The van der Waals surface area contributed by atoms with Crippen LogP contribution in [-0.2, 0) is 5.66 Å². The highest BCUT2D eigenvalue weighted by Gasteiger charge is 2.66. The molecule has 0 aromatic heterocycles. The predicted octanol–water partition coefficient (Wildman–Crippen LogP) is 5.59. The van der Waals surface area contributed by atoms with Gasteiger partial charge in [0, 0.05) is 21.9 Å². The number of para-hydroxylation sites is 1. The Labute approximate surface area is 177 Å². The van der Waals surface area contributed by atoms with E-state index in [1.165, 1.54) is 28.8 Å². The SMILES string of the molecule is FC(F)(F)[C@]1(c2ccccc2)NC(Nc2ccccc2)=N[C@H]2SC3=C(CCCC3)N21. The minimum Gasteiger partial charge on any atom is -0.326 e. The highest BCUT2D eigenvalue weighted by molar-refractivity contribution is 8.03. The Bertz CT molecular complexity index is 990. The van der Waals surface area contributed by atoms with E-state index in [-0.39, 0.29) is 11.5 Å². The van der Waals surface area contributed by atoms with Crippen LogP contribution in [0.15, 0.2) is 76.3 Å². The fourth-order valence-electron chi connectivity index (χ4n) is 4.37. The lowest BCUT2D eigenvalue weighted by Gasteiger charge is -2.50. The third-order valence-corrected chi connectivity index (χ3v) is 6.94. The van der Waals surface area contributed by atoms with E-state index in [1.807, 2.05) is 18.2 Å². The van der Waals surface area contributed by atoms with Gasteiger partial charge in [-0.15, -0.1) is 0 Å². The summed E-state index contributed by atoms with van der Waals surface area (Å²) in [5.74, 6) is 0.121. The number of nitrogens with zero attached hydrogens (tertiary/aromatic N) is 2. The van der Waals surface area contributed by atoms with Crippen molar-refractivity contribution in [1.29, 1.82) is 0 Å². The van der Waals surface area contributed by atoms with E-state index in [0.29, 0.717) is 12.1 Å². The van der Waals surface area contributed by atoms with E-state index in [4.69, 9.17) is 0 Å². The van der Waals surface area contributed by atoms with Crippen LogP contribution in [0, 0.1) is 0 Å². The molecule has 8 heteroatoms. The molecule has 0 saturated carbocycles. The Balaban J connectivity index is 1.66. The molecule has 2 aromatic carbocycles. The van der Waals surface area contributed by atoms with E-state index in [9.17, 15) is 13.2 Å². The van der Waals surface area contributed by atoms with Crippen molar-refractivity contribution in [2.75, 3.05) is 5.32 Å². The van der Waals surface area contributed by atoms with Gasteiger partial charge < -0.3 is 15.5 Å². The molecule has 1 aliphatic carbocycles. The van der Waals surface area contributed by atoms with E-state index in [2.05, 4.69) is 15.6 Å². The molecule has 2 heterocycles. The van der Waals surface area contributed by atoms with Gasteiger partial charge in [0.15, 0.2) is 5.50 Å². The Kier molecular flexibility index (Phi) is 4.69. The second-order valence-electron chi connectivity index (χ2n) is 7.56. The molecule has 4 nitrogen and oxygen atoms in total. The lowest BCUT2D eigenvalue weighted by Crippen LogP contribution is -2.70. The molecule has 156 valence electrons. The van der Waals surface area contributed by atoms with Crippen molar-refractivity contribution in [3.63, 3.8) is 0 Å². The van der Waals surface area contributed by atoms with Crippen LogP contribution in [0.1, 0.15) is 31.2 Å². The van der Waals surface area contributed by atoms with Gasteiger partial charge in [-0.05, 0) is 37.8 Å². The van der Waals surface area contributed by atoms with Gasteiger partial charge in [-0.3, -0.25) is 0 Å². The van der Waals surface area contributed by atoms with Gasteiger partial charge >= 0.3 is 6.18 Å². The first-order valence-electron chi connectivity index (χ1n) is 9.97. The molecule has 0 saturated heterocycles. The number of allylic oxidation sites excluding steroid dienone is 2. The van der Waals surface area contributed by atoms with Crippen LogP contribution in [-0.4, -0.2) is 22.5 Å². The largest absolute Gasteiger partial charge is 0.435 e. The zero-order valence-electron chi connectivity index (χ0n) is 16.1. The number of anilines is 1. The predicted molar refractivity (Wildman–Crippen MR) is 114 cm³/mol. The minimum absolute atomic E-state index is 0.121. The summed E-state index contributed by atoms with van der Waals surface area (Å²) in [4.78, 5) is 7.14. The zero-order chi connectivity index (χ0) is 20.8. The maximum atomic E-state index is 15.0. The smallest absolute Gasteiger partial charge is 0.326 e. The summed E-state index contributed by atoms with van der Waals surface area (Å²) in [6, 6.07) is 17.2. The lowest BCUT2D eigenvalue weighted by atomic mass is 9.93. The number of nitrogens with one attached hydrogen (secondary N) is 2. The molecule has 30 heavy (non-hydrogen) atoms. The molecule has 0 unspecified atom stereocenters. The van der Waals surface area contributed by atoms with Crippen LogP contribution in [0.2, 0.25) is 0 Å². The summed E-state index contributed by atoms with van der Waals surface area (Å²) in [5, 5.41) is 5.82. The number of hydrogen-bond donors (Lipinski definition) is 2. The van der Waals surface area contributed by atoms with Crippen molar-refractivity contribution in [2.45, 2.75) is 43.0 Å². The van der Waals surface area contributed by atoms with Crippen LogP contribution in [0.25, 0.3) is 0 Å². The summed E-state index contributed by atoms with van der Waals surface area (Å²) in [5.41, 5.74) is -1.44. The highest BCUT2D eigenvalue weighted by Crippen LogP contribution is 2.56. The first kappa shape index (κ1) is 19.4. The molecule has 0 bridgehead atoms. The molecule has 5 rings (SSSR count). The van der Waals surface area contributed by atoms with Crippen LogP contribution in [0.3, 0.4) is 0 Å². The third kappa shape index (κ3) is 3.05. The summed E-state index contributed by atoms with van der Waals surface area (Å²) >= 11 is 1.44. The normalized spacial score (nSPS) is 25.9. The van der Waals surface area contributed by atoms with Crippen molar-refractivity contribution in [2.24, 2.45) is 4.99 Å². The summed E-state index contributed by atoms with van der Waals surface area (Å²) in [6.07, 6.45) is -1.23. The van der Waals surface area contributed by atoms with Crippen LogP contribution < -0.4 is 10.6 Å². The maximum absolute atomic E-state index is 15.0. The lowest BCUT2D eigenvalue weighted by molar-refractivity contribution is -0.243. The first-order valence-corrected chi connectivity index (χ1v) is 10.9. The second kappa shape index (κ2) is 7.27. The average molecular weight is 430 g/mol. The monoisotopic (exact) mass is 430 g/mol. The molecular formula is C22H21F3N4S. The molecule has 2 atom stereocenters. The Morgan fingerprint density at radius 3 is 2.37 bits per heavy atom. The summed E-state index contributed by atoms with van der Waals surface area (Å²) < 4.78 is 44.9. The van der Waals surface area contributed by atoms with Gasteiger partial charge in [-0.2, -0.15) is 13.2 Å². The Hall–Kier alpha value is -2.61. The molecule has 2 N–H and O–H groups in total. The number of benzene rings is 2. The highest BCUT2D eigenvalue weighted by atomic mass is 32.2. The van der Waals surface area contributed by atoms with Crippen molar-refractivity contribution in [3.8, 4) is 0 Å². The maximum Gasteiger partial charge on any atom is 0.435 e. The van der Waals surface area contributed by atoms with Crippen LogP contribution >= 0.6 is 11.8 Å². The molecule has 0 spiro atoms. The van der Waals surface area contributed by atoms with Gasteiger partial charge in [-0.25, -0.2) is 4.99 Å². The van der Waals surface area contributed by atoms with Crippen LogP contribution in [0.4, 0.5) is 18.9 Å². The second-order valence-corrected chi connectivity index (χ2v) is 8.71. The molecule has 3 aliphatic rings. The molecule has 0 fully saturated rings. The van der Waals surface area contributed by atoms with Gasteiger partial charge in [0.25, 0.3) is 0 Å². The van der Waals surface area contributed by atoms with Gasteiger partial charge in [0.2, 0.25) is 11.6 Å². The number of alkyl halides is 3. The third-order valence-electron chi connectivity index (χ3n) is 5.69. The Morgan fingerprint density at radius 2 is 1.67 bits per heavy atom. The quantitative estimate of drug-likeness (QED) is 0.652. The van der Waals surface area contributed by atoms with Crippen molar-refractivity contribution in [1.82, 2.24) is 10.2 Å². The summed E-state index contributed by atoms with van der Waals surface area (Å²) in [6.45, 7) is 0. The molecular weight excluding hydrogens is 409 g/mol. The van der Waals surface area contributed by atoms with Crippen LogP contribution in [0.5, 0.6) is 0 Å². The Morgan fingerprint density at radius 1 is 1.00 bits per heavy atom. The van der Waals surface area contributed by atoms with E-state index < -0.39 is 17.3 Å². The molecule has 2 aromatic rings. The first-order chi connectivity index (χ1) is 14.5. The fourth-order valence-corrected chi connectivity index (χ4v) is 5.77. The molecule has 2 aliphatic heterocycles. The van der Waals surface area contributed by atoms with Crippen molar-refractivity contribution < 1.29 is 13.2 Å². The number of rotatable bonds is 2. The molecule has 0 amide bonds. The fraction of sp³-hybridized carbons (Fsp3) is 0.318. The van der Waals surface area contributed by atoms with E-state index in [1.54, 1.807) is 30.3 Å². The number of hydrogen-bond acceptors (Lipinski definition) is 5. The molecule has 0 radical (unpaired) electrons. The average Bonchev–Trinajstić information content (AvgIpc) is 3.12. The van der Waals surface area contributed by atoms with Gasteiger partial charge in [0.1, 0.15) is 0 Å². The number of guanidine groups is 1. The summed E-state index contributed by atoms with van der Waals surface area (Å²) in [7, 11) is 0. The van der Waals surface area contributed by atoms with Crippen molar-refractivity contribution >= 4 is 23.4 Å². The van der Waals surface area contributed by atoms with E-state index in [0.717, 1.165) is 29.9 Å².